The Morgan fingerprint density at radius 2 is 1.73 bits per heavy atom. The van der Waals surface area contributed by atoms with Crippen LogP contribution < -0.4 is 15.0 Å². The SMILES string of the molecule is COc1ccc(N2CCN(C(=O)CN[C@@H](c3ccccc3)c3cccs3)CC2)cc1. The third kappa shape index (κ3) is 4.83. The fraction of sp³-hybridized carbons (Fsp3) is 0.292. The van der Waals surface area contributed by atoms with Crippen molar-refractivity contribution in [1.82, 2.24) is 10.2 Å². The summed E-state index contributed by atoms with van der Waals surface area (Å²) in [5, 5.41) is 5.56. The fourth-order valence-corrected chi connectivity index (χ4v) is 4.62. The van der Waals surface area contributed by atoms with Gasteiger partial charge in [-0.3, -0.25) is 10.1 Å². The highest BCUT2D eigenvalue weighted by Crippen LogP contribution is 2.26. The number of nitrogens with zero attached hydrogens (tertiary/aromatic N) is 2. The molecule has 1 saturated heterocycles. The van der Waals surface area contributed by atoms with E-state index < -0.39 is 0 Å². The first kappa shape index (κ1) is 20.4. The summed E-state index contributed by atoms with van der Waals surface area (Å²) in [4.78, 5) is 18.4. The monoisotopic (exact) mass is 421 g/mol. The molecule has 30 heavy (non-hydrogen) atoms. The first-order chi connectivity index (χ1) is 14.7. The topological polar surface area (TPSA) is 44.8 Å². The van der Waals surface area contributed by atoms with Gasteiger partial charge in [0.15, 0.2) is 0 Å². The highest BCUT2D eigenvalue weighted by molar-refractivity contribution is 7.10. The Hall–Kier alpha value is -2.83. The van der Waals surface area contributed by atoms with Crippen molar-refractivity contribution in [3.8, 4) is 5.75 Å². The van der Waals surface area contributed by atoms with E-state index in [9.17, 15) is 4.79 Å². The number of nitrogens with one attached hydrogen (secondary N) is 1. The molecule has 156 valence electrons. The van der Waals surface area contributed by atoms with Gasteiger partial charge in [0.25, 0.3) is 0 Å². The van der Waals surface area contributed by atoms with Crippen LogP contribution in [0.25, 0.3) is 0 Å². The van der Waals surface area contributed by atoms with E-state index in [0.29, 0.717) is 6.54 Å². The van der Waals surface area contributed by atoms with Crippen molar-refractivity contribution in [1.29, 1.82) is 0 Å². The van der Waals surface area contributed by atoms with Gasteiger partial charge in [-0.05, 0) is 41.3 Å². The summed E-state index contributed by atoms with van der Waals surface area (Å²) in [5.41, 5.74) is 2.35. The third-order valence-electron chi connectivity index (χ3n) is 5.49. The number of anilines is 1. The van der Waals surface area contributed by atoms with Gasteiger partial charge in [0.1, 0.15) is 5.75 Å². The second kappa shape index (κ2) is 9.78. The number of amides is 1. The maximum atomic E-state index is 12.9. The Kier molecular flexibility index (Phi) is 6.67. The molecule has 0 bridgehead atoms. The van der Waals surface area contributed by atoms with Crippen LogP contribution in [0.2, 0.25) is 0 Å². The summed E-state index contributed by atoms with van der Waals surface area (Å²) in [6, 6.07) is 22.6. The highest BCUT2D eigenvalue weighted by atomic mass is 32.1. The first-order valence-electron chi connectivity index (χ1n) is 10.2. The number of carbonyl (C=O) groups is 1. The van der Waals surface area contributed by atoms with Gasteiger partial charge in [0, 0.05) is 36.7 Å². The predicted molar refractivity (Wildman–Crippen MR) is 122 cm³/mol. The Bertz CT molecular complexity index is 921. The lowest BCUT2D eigenvalue weighted by atomic mass is 10.1. The molecule has 0 unspecified atom stereocenters. The molecule has 1 aliphatic rings. The molecule has 2 heterocycles. The average molecular weight is 422 g/mol. The molecule has 1 fully saturated rings. The molecule has 1 aliphatic heterocycles. The molecule has 1 amide bonds. The highest BCUT2D eigenvalue weighted by Gasteiger charge is 2.23. The standard InChI is InChI=1S/C24H27N3O2S/c1-29-21-11-9-20(10-12-21)26-13-15-27(16-14-26)23(28)18-25-24(22-8-5-17-30-22)19-6-3-2-4-7-19/h2-12,17,24-25H,13-16,18H2,1H3/t24-/m0/s1. The van der Waals surface area contributed by atoms with E-state index in [1.54, 1.807) is 18.4 Å². The minimum atomic E-state index is 0.0377. The van der Waals surface area contributed by atoms with E-state index in [0.717, 1.165) is 31.9 Å². The number of hydrogen-bond acceptors (Lipinski definition) is 5. The Labute approximate surface area is 181 Å². The number of rotatable bonds is 7. The van der Waals surface area contributed by atoms with Crippen LogP contribution in [0.15, 0.2) is 72.1 Å². The molecule has 5 nitrogen and oxygen atoms in total. The molecule has 1 N–H and O–H groups in total. The molecule has 0 spiro atoms. The first-order valence-corrected chi connectivity index (χ1v) is 11.1. The number of carbonyl (C=O) groups excluding carboxylic acids is 1. The number of hydrogen-bond donors (Lipinski definition) is 1. The molecule has 4 rings (SSSR count). The molecular formula is C24H27N3O2S. The number of piperazine rings is 1. The van der Waals surface area contributed by atoms with Crippen LogP contribution in [0.5, 0.6) is 5.75 Å². The smallest absolute Gasteiger partial charge is 0.236 e. The zero-order valence-electron chi connectivity index (χ0n) is 17.2. The molecule has 0 aliphatic carbocycles. The second-order valence-corrected chi connectivity index (χ2v) is 8.29. The summed E-state index contributed by atoms with van der Waals surface area (Å²) in [7, 11) is 1.67. The molecule has 1 aromatic heterocycles. The van der Waals surface area contributed by atoms with E-state index in [-0.39, 0.29) is 11.9 Å². The maximum Gasteiger partial charge on any atom is 0.236 e. The van der Waals surface area contributed by atoms with Crippen molar-refractivity contribution in [2.45, 2.75) is 6.04 Å². The second-order valence-electron chi connectivity index (χ2n) is 7.31. The summed E-state index contributed by atoms with van der Waals surface area (Å²) < 4.78 is 5.23. The van der Waals surface area contributed by atoms with E-state index in [4.69, 9.17) is 4.74 Å². The van der Waals surface area contributed by atoms with Gasteiger partial charge in [0.2, 0.25) is 5.91 Å². The van der Waals surface area contributed by atoms with Gasteiger partial charge < -0.3 is 14.5 Å². The largest absolute Gasteiger partial charge is 0.497 e. The fourth-order valence-electron chi connectivity index (χ4n) is 3.79. The summed E-state index contributed by atoms with van der Waals surface area (Å²) >= 11 is 1.71. The number of methoxy groups -OCH3 is 1. The van der Waals surface area contributed by atoms with Crippen molar-refractivity contribution in [2.75, 3.05) is 44.7 Å². The van der Waals surface area contributed by atoms with Crippen LogP contribution in [0.4, 0.5) is 5.69 Å². The van der Waals surface area contributed by atoms with Crippen LogP contribution in [-0.2, 0) is 4.79 Å². The van der Waals surface area contributed by atoms with Crippen LogP contribution in [-0.4, -0.2) is 50.6 Å². The van der Waals surface area contributed by atoms with Gasteiger partial charge in [-0.15, -0.1) is 11.3 Å². The van der Waals surface area contributed by atoms with Gasteiger partial charge >= 0.3 is 0 Å². The van der Waals surface area contributed by atoms with Gasteiger partial charge in [-0.25, -0.2) is 0 Å². The quantitative estimate of drug-likeness (QED) is 0.631. The molecule has 2 aromatic carbocycles. The Morgan fingerprint density at radius 3 is 2.37 bits per heavy atom. The lowest BCUT2D eigenvalue weighted by Gasteiger charge is -2.36. The third-order valence-corrected chi connectivity index (χ3v) is 6.43. The molecular weight excluding hydrogens is 394 g/mol. The van der Waals surface area contributed by atoms with Crippen molar-refractivity contribution in [3.05, 3.63) is 82.6 Å². The van der Waals surface area contributed by atoms with Crippen molar-refractivity contribution >= 4 is 22.9 Å². The zero-order chi connectivity index (χ0) is 20.8. The summed E-state index contributed by atoms with van der Waals surface area (Å²) in [6.07, 6.45) is 0. The number of thiophene rings is 1. The van der Waals surface area contributed by atoms with Crippen LogP contribution >= 0.6 is 11.3 Å². The molecule has 0 saturated carbocycles. The normalized spacial score (nSPS) is 15.1. The Balaban J connectivity index is 1.33. The van der Waals surface area contributed by atoms with Gasteiger partial charge in [0.05, 0.1) is 19.7 Å². The molecule has 1 atom stereocenters. The van der Waals surface area contributed by atoms with Gasteiger partial charge in [-0.1, -0.05) is 36.4 Å². The van der Waals surface area contributed by atoms with E-state index >= 15 is 0 Å². The van der Waals surface area contributed by atoms with Crippen LogP contribution in [0, 0.1) is 0 Å². The minimum Gasteiger partial charge on any atom is -0.497 e. The Morgan fingerprint density at radius 1 is 1.00 bits per heavy atom. The van der Waals surface area contributed by atoms with Crippen molar-refractivity contribution in [3.63, 3.8) is 0 Å². The van der Waals surface area contributed by atoms with Gasteiger partial charge in [-0.2, -0.15) is 0 Å². The molecule has 3 aromatic rings. The number of ether oxygens (including phenoxy) is 1. The average Bonchev–Trinajstić information content (AvgIpc) is 3.35. The predicted octanol–water partition coefficient (Wildman–Crippen LogP) is 3.78. The zero-order valence-corrected chi connectivity index (χ0v) is 18.0. The van der Waals surface area contributed by atoms with E-state index in [1.807, 2.05) is 35.2 Å². The maximum absolute atomic E-state index is 12.9. The van der Waals surface area contributed by atoms with Crippen molar-refractivity contribution in [2.24, 2.45) is 0 Å². The van der Waals surface area contributed by atoms with E-state index in [2.05, 4.69) is 52.0 Å². The summed E-state index contributed by atoms with van der Waals surface area (Å²) in [5.74, 6) is 1.01. The number of benzene rings is 2. The lowest BCUT2D eigenvalue weighted by Crippen LogP contribution is -2.51. The lowest BCUT2D eigenvalue weighted by molar-refractivity contribution is -0.130. The molecule has 6 heteroatoms. The van der Waals surface area contributed by atoms with Crippen LogP contribution in [0.3, 0.4) is 0 Å². The minimum absolute atomic E-state index is 0.0377. The van der Waals surface area contributed by atoms with Crippen LogP contribution in [0.1, 0.15) is 16.5 Å². The summed E-state index contributed by atoms with van der Waals surface area (Å²) in [6.45, 7) is 3.49. The van der Waals surface area contributed by atoms with Crippen molar-refractivity contribution < 1.29 is 9.53 Å². The molecule has 0 radical (unpaired) electrons. The van der Waals surface area contributed by atoms with E-state index in [1.165, 1.54) is 16.1 Å².